The van der Waals surface area contributed by atoms with Crippen LogP contribution in [-0.4, -0.2) is 40.5 Å². The molecule has 0 atom stereocenters. The van der Waals surface area contributed by atoms with E-state index in [4.69, 9.17) is 5.73 Å². The Kier molecular flexibility index (Phi) is 5.04. The van der Waals surface area contributed by atoms with Gasteiger partial charge in [-0.3, -0.25) is 4.79 Å². The van der Waals surface area contributed by atoms with Gasteiger partial charge in [0.1, 0.15) is 11.6 Å². The highest BCUT2D eigenvalue weighted by Gasteiger charge is 2.27. The van der Waals surface area contributed by atoms with Gasteiger partial charge in [-0.15, -0.1) is 0 Å². The van der Waals surface area contributed by atoms with Crippen molar-refractivity contribution in [2.75, 3.05) is 35.2 Å². The van der Waals surface area contributed by atoms with Crippen molar-refractivity contribution in [1.82, 2.24) is 15.0 Å². The Morgan fingerprint density at radius 1 is 1.19 bits per heavy atom. The van der Waals surface area contributed by atoms with E-state index in [1.165, 1.54) is 12.8 Å². The number of anilines is 4. The zero-order chi connectivity index (χ0) is 18.6. The number of aromatic nitrogens is 3. The standard InChI is InChI=1S/C19H25N7O/c20-16(27)7-8-21-18-15(13-3-4-13)12-23-19(25-18)24-14-5-6-17(22-11-14)26-9-1-2-10-26/h5-6,11-13H,1-4,7-10H2,(H2,20,27)(H2,21,23,24,25). The lowest BCUT2D eigenvalue weighted by Crippen LogP contribution is -2.18. The molecule has 2 aliphatic rings. The predicted molar refractivity (Wildman–Crippen MR) is 105 cm³/mol. The predicted octanol–water partition coefficient (Wildman–Crippen LogP) is 2.38. The van der Waals surface area contributed by atoms with Crippen molar-refractivity contribution in [2.24, 2.45) is 5.73 Å². The average molecular weight is 367 g/mol. The quantitative estimate of drug-likeness (QED) is 0.657. The van der Waals surface area contributed by atoms with Crippen LogP contribution in [0.25, 0.3) is 0 Å². The van der Waals surface area contributed by atoms with Gasteiger partial charge in [-0.1, -0.05) is 0 Å². The van der Waals surface area contributed by atoms with Crippen LogP contribution >= 0.6 is 0 Å². The molecule has 1 aliphatic heterocycles. The van der Waals surface area contributed by atoms with Gasteiger partial charge >= 0.3 is 0 Å². The molecule has 1 saturated carbocycles. The van der Waals surface area contributed by atoms with Gasteiger partial charge in [-0.25, -0.2) is 9.97 Å². The van der Waals surface area contributed by atoms with E-state index in [-0.39, 0.29) is 12.3 Å². The van der Waals surface area contributed by atoms with E-state index in [0.29, 0.717) is 18.4 Å². The molecule has 0 aromatic carbocycles. The minimum absolute atomic E-state index is 0.277. The molecule has 4 N–H and O–H groups in total. The smallest absolute Gasteiger partial charge is 0.229 e. The molecular formula is C19H25N7O. The third-order valence-electron chi connectivity index (χ3n) is 4.93. The lowest BCUT2D eigenvalue weighted by Gasteiger charge is -2.16. The molecule has 2 aromatic heterocycles. The Hall–Kier alpha value is -2.90. The number of primary amides is 1. The minimum atomic E-state index is -0.327. The molecule has 8 nitrogen and oxygen atoms in total. The summed E-state index contributed by atoms with van der Waals surface area (Å²) < 4.78 is 0. The summed E-state index contributed by atoms with van der Waals surface area (Å²) in [6.07, 6.45) is 8.73. The van der Waals surface area contributed by atoms with Gasteiger partial charge in [0.15, 0.2) is 0 Å². The van der Waals surface area contributed by atoms with Crippen LogP contribution in [0.15, 0.2) is 24.5 Å². The third-order valence-corrected chi connectivity index (χ3v) is 4.93. The monoisotopic (exact) mass is 367 g/mol. The molecule has 1 amide bonds. The summed E-state index contributed by atoms with van der Waals surface area (Å²) in [5.74, 6) is 2.48. The summed E-state index contributed by atoms with van der Waals surface area (Å²) in [5.41, 5.74) is 7.17. The number of carbonyl (C=O) groups excluding carboxylic acids is 1. The summed E-state index contributed by atoms with van der Waals surface area (Å²) in [6, 6.07) is 4.03. The van der Waals surface area contributed by atoms with E-state index >= 15 is 0 Å². The number of pyridine rings is 1. The highest BCUT2D eigenvalue weighted by Crippen LogP contribution is 2.42. The zero-order valence-electron chi connectivity index (χ0n) is 15.3. The Morgan fingerprint density at radius 3 is 2.67 bits per heavy atom. The fraction of sp³-hybridized carbons (Fsp3) is 0.474. The summed E-state index contributed by atoms with van der Waals surface area (Å²) in [6.45, 7) is 2.62. The molecule has 0 bridgehead atoms. The number of hydrogen-bond donors (Lipinski definition) is 3. The second-order valence-electron chi connectivity index (χ2n) is 7.14. The van der Waals surface area contributed by atoms with Crippen molar-refractivity contribution < 1.29 is 4.79 Å². The van der Waals surface area contributed by atoms with Crippen molar-refractivity contribution >= 4 is 29.2 Å². The third kappa shape index (κ3) is 4.45. The molecule has 0 spiro atoms. The van der Waals surface area contributed by atoms with Gasteiger partial charge in [-0.2, -0.15) is 4.98 Å². The number of hydrogen-bond acceptors (Lipinski definition) is 7. The number of rotatable bonds is 8. The number of nitrogens with zero attached hydrogens (tertiary/aromatic N) is 4. The van der Waals surface area contributed by atoms with Crippen molar-refractivity contribution in [2.45, 2.75) is 38.0 Å². The number of amides is 1. The van der Waals surface area contributed by atoms with Crippen molar-refractivity contribution in [3.8, 4) is 0 Å². The van der Waals surface area contributed by atoms with Crippen molar-refractivity contribution in [1.29, 1.82) is 0 Å². The molecule has 4 rings (SSSR count). The first-order chi connectivity index (χ1) is 13.2. The number of carbonyl (C=O) groups is 1. The molecule has 3 heterocycles. The molecule has 142 valence electrons. The van der Waals surface area contributed by atoms with Crippen LogP contribution in [0.2, 0.25) is 0 Å². The van der Waals surface area contributed by atoms with Crippen LogP contribution in [0.1, 0.15) is 43.6 Å². The van der Waals surface area contributed by atoms with Gasteiger partial charge in [0.05, 0.1) is 11.9 Å². The van der Waals surface area contributed by atoms with Crippen molar-refractivity contribution in [3.05, 3.63) is 30.1 Å². The van der Waals surface area contributed by atoms with Crippen molar-refractivity contribution in [3.63, 3.8) is 0 Å². The largest absolute Gasteiger partial charge is 0.370 e. The SMILES string of the molecule is NC(=O)CCNc1nc(Nc2ccc(N3CCCC3)nc2)ncc1C1CC1. The molecule has 0 radical (unpaired) electrons. The maximum atomic E-state index is 11.0. The molecule has 2 aromatic rings. The molecular weight excluding hydrogens is 342 g/mol. The van der Waals surface area contributed by atoms with Gasteiger partial charge in [0.25, 0.3) is 0 Å². The summed E-state index contributed by atoms with van der Waals surface area (Å²) in [7, 11) is 0. The maximum absolute atomic E-state index is 11.0. The van der Waals surface area contributed by atoms with E-state index in [1.807, 2.05) is 24.5 Å². The molecule has 0 unspecified atom stereocenters. The van der Waals surface area contributed by atoms with Gasteiger partial charge < -0.3 is 21.3 Å². The topological polar surface area (TPSA) is 109 Å². The second-order valence-corrected chi connectivity index (χ2v) is 7.14. The van der Waals surface area contributed by atoms with E-state index in [2.05, 4.69) is 30.5 Å². The van der Waals surface area contributed by atoms with Gasteiger partial charge in [0.2, 0.25) is 11.9 Å². The van der Waals surface area contributed by atoms with Crippen LogP contribution < -0.4 is 21.3 Å². The lowest BCUT2D eigenvalue weighted by atomic mass is 10.2. The van der Waals surface area contributed by atoms with E-state index < -0.39 is 0 Å². The summed E-state index contributed by atoms with van der Waals surface area (Å²) in [4.78, 5) is 26.9. The molecule has 8 heteroatoms. The summed E-state index contributed by atoms with van der Waals surface area (Å²) >= 11 is 0. The highest BCUT2D eigenvalue weighted by atomic mass is 16.1. The highest BCUT2D eigenvalue weighted by molar-refractivity contribution is 5.74. The maximum Gasteiger partial charge on any atom is 0.229 e. The fourth-order valence-corrected chi connectivity index (χ4v) is 3.31. The average Bonchev–Trinajstić information content (AvgIpc) is 3.36. The lowest BCUT2D eigenvalue weighted by molar-refractivity contribution is -0.117. The minimum Gasteiger partial charge on any atom is -0.370 e. The Balaban J connectivity index is 1.45. The molecule has 1 aliphatic carbocycles. The molecule has 2 fully saturated rings. The summed E-state index contributed by atoms with van der Waals surface area (Å²) in [5, 5.41) is 6.44. The Labute approximate surface area is 158 Å². The number of nitrogens with two attached hydrogens (primary N) is 1. The Morgan fingerprint density at radius 2 is 2.00 bits per heavy atom. The first-order valence-corrected chi connectivity index (χ1v) is 9.56. The first-order valence-electron chi connectivity index (χ1n) is 9.56. The van der Waals surface area contributed by atoms with Crippen LogP contribution in [0.4, 0.5) is 23.3 Å². The van der Waals surface area contributed by atoms with Crippen LogP contribution in [0, 0.1) is 0 Å². The van der Waals surface area contributed by atoms with Crippen LogP contribution in [-0.2, 0) is 4.79 Å². The number of nitrogens with one attached hydrogen (secondary N) is 2. The fourth-order valence-electron chi connectivity index (χ4n) is 3.31. The normalized spacial score (nSPS) is 16.4. The van der Waals surface area contributed by atoms with E-state index in [1.54, 1.807) is 0 Å². The van der Waals surface area contributed by atoms with E-state index in [0.717, 1.165) is 48.8 Å². The first kappa shape index (κ1) is 17.5. The van der Waals surface area contributed by atoms with Crippen LogP contribution in [0.5, 0.6) is 0 Å². The zero-order valence-corrected chi connectivity index (χ0v) is 15.3. The van der Waals surface area contributed by atoms with Crippen LogP contribution in [0.3, 0.4) is 0 Å². The van der Waals surface area contributed by atoms with Gasteiger partial charge in [0, 0.05) is 37.8 Å². The van der Waals surface area contributed by atoms with Gasteiger partial charge in [-0.05, 0) is 43.7 Å². The molecule has 27 heavy (non-hydrogen) atoms. The Bertz CT molecular complexity index is 798. The van der Waals surface area contributed by atoms with E-state index in [9.17, 15) is 4.79 Å². The second kappa shape index (κ2) is 7.77. The molecule has 1 saturated heterocycles.